The Balaban J connectivity index is 1.75. The molecule has 0 radical (unpaired) electrons. The van der Waals surface area contributed by atoms with Gasteiger partial charge in [-0.15, -0.1) is 0 Å². The maximum absolute atomic E-state index is 10.5. The molecule has 0 heterocycles. The number of carbonyl (C=O) groups excluding carboxylic acids is 1. The summed E-state index contributed by atoms with van der Waals surface area (Å²) < 4.78 is 22.3. The van der Waals surface area contributed by atoms with E-state index in [1.807, 2.05) is 48.5 Å². The van der Waals surface area contributed by atoms with E-state index in [9.17, 15) is 4.79 Å². The quantitative estimate of drug-likeness (QED) is 0.413. The molecule has 3 rings (SSSR count). The van der Waals surface area contributed by atoms with Crippen molar-refractivity contribution in [3.63, 3.8) is 0 Å². The number of carbonyl (C=O) groups is 1. The molecule has 3 aromatic carbocycles. The van der Waals surface area contributed by atoms with E-state index in [2.05, 4.69) is 11.8 Å². The van der Waals surface area contributed by atoms with Crippen molar-refractivity contribution in [3.05, 3.63) is 83.4 Å². The summed E-state index contributed by atoms with van der Waals surface area (Å²) in [6, 6.07) is 20.7. The number of rotatable bonds is 8. The van der Waals surface area contributed by atoms with Crippen LogP contribution in [0.1, 0.15) is 16.7 Å². The van der Waals surface area contributed by atoms with Crippen LogP contribution >= 0.6 is 0 Å². The summed E-state index contributed by atoms with van der Waals surface area (Å²) in [5.74, 6) is 7.92. The molecular weight excluding hydrogens is 380 g/mol. The fraction of sp³-hybridized carbons (Fsp3) is 0.160. The number of ether oxygens (including phenoxy) is 4. The van der Waals surface area contributed by atoms with Crippen molar-refractivity contribution in [1.29, 1.82) is 0 Å². The zero-order chi connectivity index (χ0) is 21.2. The number of hydrogen-bond acceptors (Lipinski definition) is 5. The van der Waals surface area contributed by atoms with Crippen molar-refractivity contribution < 1.29 is 23.7 Å². The van der Waals surface area contributed by atoms with Crippen LogP contribution in [-0.4, -0.2) is 20.5 Å². The lowest BCUT2D eigenvalue weighted by Crippen LogP contribution is -2.01. The second-order valence-corrected chi connectivity index (χ2v) is 6.32. The molecule has 0 aliphatic heterocycles. The first-order valence-corrected chi connectivity index (χ1v) is 9.32. The van der Waals surface area contributed by atoms with E-state index < -0.39 is 0 Å². The van der Waals surface area contributed by atoms with Crippen molar-refractivity contribution in [2.75, 3.05) is 14.2 Å². The van der Waals surface area contributed by atoms with Crippen molar-refractivity contribution in [3.8, 4) is 34.8 Å². The highest BCUT2D eigenvalue weighted by molar-refractivity contribution is 5.74. The second kappa shape index (κ2) is 10.6. The third-order valence-corrected chi connectivity index (χ3v) is 4.33. The van der Waals surface area contributed by atoms with E-state index in [0.29, 0.717) is 36.6 Å². The van der Waals surface area contributed by atoms with Crippen molar-refractivity contribution in [2.45, 2.75) is 13.2 Å². The molecule has 0 saturated carbocycles. The summed E-state index contributed by atoms with van der Waals surface area (Å²) in [5.41, 5.74) is 2.66. The summed E-state index contributed by atoms with van der Waals surface area (Å²) in [4.78, 5) is 10.5. The standard InChI is InChI=1S/C25H22O5/c1-27-22-10-5-20(6-11-22)17-29-24-14-9-19(4-3-15-26)16-25(24)30-18-21-7-12-23(28-2)13-8-21/h5-16H,17-18H2,1-2H3. The van der Waals surface area contributed by atoms with Crippen molar-refractivity contribution in [2.24, 2.45) is 0 Å². The first kappa shape index (κ1) is 20.8. The summed E-state index contributed by atoms with van der Waals surface area (Å²) in [7, 11) is 3.26. The summed E-state index contributed by atoms with van der Waals surface area (Å²) in [5, 5.41) is 0. The Morgan fingerprint density at radius 3 is 1.77 bits per heavy atom. The largest absolute Gasteiger partial charge is 0.497 e. The molecular formula is C25H22O5. The molecule has 0 atom stereocenters. The molecule has 0 aliphatic carbocycles. The fourth-order valence-corrected chi connectivity index (χ4v) is 2.70. The minimum absolute atomic E-state index is 0.355. The zero-order valence-corrected chi connectivity index (χ0v) is 16.9. The van der Waals surface area contributed by atoms with E-state index >= 15 is 0 Å². The average molecular weight is 402 g/mol. The summed E-state index contributed by atoms with van der Waals surface area (Å²) in [6.07, 6.45) is 0.561. The Morgan fingerprint density at radius 2 is 1.27 bits per heavy atom. The molecule has 3 aromatic rings. The fourth-order valence-electron chi connectivity index (χ4n) is 2.70. The molecule has 152 valence electrons. The molecule has 0 saturated heterocycles. The van der Waals surface area contributed by atoms with Crippen molar-refractivity contribution >= 4 is 6.29 Å². The monoisotopic (exact) mass is 402 g/mol. The lowest BCUT2D eigenvalue weighted by molar-refractivity contribution is -0.103. The smallest absolute Gasteiger partial charge is 0.193 e. The zero-order valence-electron chi connectivity index (χ0n) is 16.9. The minimum Gasteiger partial charge on any atom is -0.497 e. The van der Waals surface area contributed by atoms with Crippen LogP contribution in [0, 0.1) is 11.8 Å². The second-order valence-electron chi connectivity index (χ2n) is 6.32. The topological polar surface area (TPSA) is 54.0 Å². The van der Waals surface area contributed by atoms with Gasteiger partial charge in [-0.25, -0.2) is 0 Å². The van der Waals surface area contributed by atoms with Gasteiger partial charge in [0, 0.05) is 5.56 Å². The molecule has 0 bridgehead atoms. The van der Waals surface area contributed by atoms with Crippen LogP contribution in [0.4, 0.5) is 0 Å². The van der Waals surface area contributed by atoms with Gasteiger partial charge in [-0.3, -0.25) is 4.79 Å². The van der Waals surface area contributed by atoms with Crippen LogP contribution in [0.3, 0.4) is 0 Å². The molecule has 0 amide bonds. The van der Waals surface area contributed by atoms with Crippen LogP contribution in [0.25, 0.3) is 0 Å². The molecule has 0 aromatic heterocycles. The minimum atomic E-state index is 0.355. The summed E-state index contributed by atoms with van der Waals surface area (Å²) in [6.45, 7) is 0.732. The van der Waals surface area contributed by atoms with Crippen LogP contribution < -0.4 is 18.9 Å². The van der Waals surface area contributed by atoms with E-state index in [4.69, 9.17) is 18.9 Å². The Morgan fingerprint density at radius 1 is 0.733 bits per heavy atom. The third kappa shape index (κ3) is 5.79. The maximum atomic E-state index is 10.5. The van der Waals surface area contributed by atoms with Crippen LogP contribution in [0.15, 0.2) is 66.7 Å². The van der Waals surface area contributed by atoms with E-state index in [1.165, 1.54) is 0 Å². The Kier molecular flexibility index (Phi) is 7.34. The predicted octanol–water partition coefficient (Wildman–Crippen LogP) is 4.41. The van der Waals surface area contributed by atoms with E-state index in [0.717, 1.165) is 22.6 Å². The molecule has 0 spiro atoms. The van der Waals surface area contributed by atoms with Gasteiger partial charge in [0.15, 0.2) is 17.8 Å². The Hall–Kier alpha value is -3.91. The Bertz CT molecular complexity index is 1030. The lowest BCUT2D eigenvalue weighted by Gasteiger charge is -2.14. The van der Waals surface area contributed by atoms with Crippen LogP contribution in [0.2, 0.25) is 0 Å². The highest BCUT2D eigenvalue weighted by atomic mass is 16.5. The normalized spacial score (nSPS) is 9.80. The van der Waals surface area contributed by atoms with Gasteiger partial charge < -0.3 is 18.9 Å². The highest BCUT2D eigenvalue weighted by Gasteiger charge is 2.08. The Labute approximate surface area is 176 Å². The first-order chi connectivity index (χ1) is 14.7. The average Bonchev–Trinajstić information content (AvgIpc) is 2.81. The number of methoxy groups -OCH3 is 2. The first-order valence-electron chi connectivity index (χ1n) is 9.32. The molecule has 0 N–H and O–H groups in total. The molecule has 0 aliphatic rings. The van der Waals surface area contributed by atoms with Crippen LogP contribution in [-0.2, 0) is 18.0 Å². The van der Waals surface area contributed by atoms with Gasteiger partial charge in [-0.1, -0.05) is 30.2 Å². The molecule has 5 nitrogen and oxygen atoms in total. The van der Waals surface area contributed by atoms with Gasteiger partial charge in [-0.2, -0.15) is 0 Å². The third-order valence-electron chi connectivity index (χ3n) is 4.33. The molecule has 0 fully saturated rings. The lowest BCUT2D eigenvalue weighted by atomic mass is 10.2. The van der Waals surface area contributed by atoms with Gasteiger partial charge in [0.05, 0.1) is 14.2 Å². The molecule has 5 heteroatoms. The van der Waals surface area contributed by atoms with E-state index in [-0.39, 0.29) is 0 Å². The van der Waals surface area contributed by atoms with Gasteiger partial charge in [0.25, 0.3) is 0 Å². The SMILES string of the molecule is COc1ccc(COc2ccc(C#CC=O)cc2OCc2ccc(OC)cc2)cc1. The van der Waals surface area contributed by atoms with Gasteiger partial charge >= 0.3 is 0 Å². The molecule has 0 unspecified atom stereocenters. The van der Waals surface area contributed by atoms with Gasteiger partial charge in [0.2, 0.25) is 0 Å². The number of hydrogen-bond donors (Lipinski definition) is 0. The van der Waals surface area contributed by atoms with Gasteiger partial charge in [0.1, 0.15) is 24.7 Å². The van der Waals surface area contributed by atoms with Crippen molar-refractivity contribution in [1.82, 2.24) is 0 Å². The number of aldehydes is 1. The maximum Gasteiger partial charge on any atom is 0.193 e. The van der Waals surface area contributed by atoms with Crippen LogP contribution in [0.5, 0.6) is 23.0 Å². The molecule has 30 heavy (non-hydrogen) atoms. The highest BCUT2D eigenvalue weighted by Crippen LogP contribution is 2.30. The number of benzene rings is 3. The van der Waals surface area contributed by atoms with E-state index in [1.54, 1.807) is 32.4 Å². The predicted molar refractivity (Wildman–Crippen MR) is 114 cm³/mol. The van der Waals surface area contributed by atoms with Gasteiger partial charge in [-0.05, 0) is 59.5 Å². The summed E-state index contributed by atoms with van der Waals surface area (Å²) >= 11 is 0.